The number of aryl methyl sites for hydroxylation is 1. The number of ether oxygens (including phenoxy) is 1. The number of methoxy groups -OCH3 is 1. The van der Waals surface area contributed by atoms with Gasteiger partial charge in [-0.25, -0.2) is 20.0 Å². The maximum Gasteiger partial charge on any atom is 0.229 e. The smallest absolute Gasteiger partial charge is 0.229 e. The molecule has 0 aliphatic carbocycles. The molecule has 6 rings (SSSR count). The van der Waals surface area contributed by atoms with Crippen LogP contribution in [0.3, 0.4) is 0 Å². The lowest BCUT2D eigenvalue weighted by Gasteiger charge is -2.46. The second-order valence-corrected chi connectivity index (χ2v) is 14.4. The summed E-state index contributed by atoms with van der Waals surface area (Å²) >= 11 is 3.52. The summed E-state index contributed by atoms with van der Waals surface area (Å²) in [6.45, 7) is 13.9. The van der Waals surface area contributed by atoms with E-state index in [1.54, 1.807) is 31.6 Å². The van der Waals surface area contributed by atoms with E-state index >= 15 is 0 Å². The number of hydrogen-bond donors (Lipinski definition) is 3. The van der Waals surface area contributed by atoms with Crippen molar-refractivity contribution in [3.8, 4) is 5.75 Å². The van der Waals surface area contributed by atoms with E-state index in [0.29, 0.717) is 57.2 Å². The number of nitrogens with zero attached hydrogens (tertiary/aromatic N) is 7. The van der Waals surface area contributed by atoms with E-state index in [-0.39, 0.29) is 5.69 Å². The molecule has 2 aromatic heterocycles. The average Bonchev–Trinajstić information content (AvgIpc) is 3.04. The van der Waals surface area contributed by atoms with E-state index in [0.717, 1.165) is 57.4 Å². The molecule has 246 valence electrons. The van der Waals surface area contributed by atoms with Gasteiger partial charge in [0.05, 0.1) is 46.3 Å². The lowest BCUT2D eigenvalue weighted by Crippen LogP contribution is -2.56. The number of sulfonamides is 1. The van der Waals surface area contributed by atoms with Crippen LogP contribution >= 0.6 is 15.9 Å². The lowest BCUT2D eigenvalue weighted by molar-refractivity contribution is 0.0489. The standard InChI is InChI=1S/C32H37BrN10O3S/c1-5-21-14-26(28(46-3)15-27(21)42-12-8-22(9-13-42)43-18-20(19-43)16-34-2)39-32-37-17-23(33)31(40-32)38-25-7-6-24-29(36-11-10-35-24)30(25)41-47(4,44)45/h6-7,10-11,14-15,17,20,22,41H,5,8-9,12-13,16,18-19H2,1,3-4H3,(H2,37,38,39,40). The molecule has 2 aliphatic heterocycles. The minimum Gasteiger partial charge on any atom is -0.494 e. The minimum absolute atomic E-state index is 0.265. The van der Waals surface area contributed by atoms with Crippen LogP contribution in [-0.2, 0) is 16.4 Å². The molecule has 4 aromatic rings. The molecule has 47 heavy (non-hydrogen) atoms. The summed E-state index contributed by atoms with van der Waals surface area (Å²) < 4.78 is 33.5. The normalized spacial score (nSPS) is 16.0. The fourth-order valence-electron chi connectivity index (χ4n) is 6.27. The molecule has 2 saturated heterocycles. The summed E-state index contributed by atoms with van der Waals surface area (Å²) in [5.41, 5.74) is 4.76. The van der Waals surface area contributed by atoms with Gasteiger partial charge in [-0.2, -0.15) is 4.98 Å². The Morgan fingerprint density at radius 1 is 1.09 bits per heavy atom. The van der Waals surface area contributed by atoms with Gasteiger partial charge in [0.15, 0.2) is 0 Å². The SMILES string of the molecule is [C-]#[N+]CC1CN(C2CCN(c3cc(OC)c(Nc4ncc(Br)c(Nc5ccc6nccnc6c5NS(C)(=O)=O)n4)cc3CC)CC2)C1. The molecule has 13 nitrogen and oxygen atoms in total. The fourth-order valence-corrected chi connectivity index (χ4v) is 7.14. The largest absolute Gasteiger partial charge is 0.494 e. The molecule has 2 aliphatic rings. The van der Waals surface area contributed by atoms with E-state index in [1.807, 2.05) is 0 Å². The number of aromatic nitrogens is 4. The van der Waals surface area contributed by atoms with Gasteiger partial charge >= 0.3 is 0 Å². The molecule has 0 radical (unpaired) electrons. The molecule has 2 aromatic carbocycles. The summed E-state index contributed by atoms with van der Waals surface area (Å²) in [6, 6.07) is 8.25. The summed E-state index contributed by atoms with van der Waals surface area (Å²) in [6.07, 6.45) is 8.81. The third kappa shape index (κ3) is 7.34. The Bertz CT molecular complexity index is 1920. The van der Waals surface area contributed by atoms with Crippen molar-refractivity contribution in [2.75, 3.05) is 66.3 Å². The maximum atomic E-state index is 12.2. The van der Waals surface area contributed by atoms with Crippen molar-refractivity contribution in [1.29, 1.82) is 0 Å². The van der Waals surface area contributed by atoms with Crippen LogP contribution in [0.2, 0.25) is 0 Å². The van der Waals surface area contributed by atoms with Crippen molar-refractivity contribution in [2.24, 2.45) is 5.92 Å². The van der Waals surface area contributed by atoms with E-state index in [1.165, 1.54) is 17.4 Å². The van der Waals surface area contributed by atoms with Gasteiger partial charge in [-0.3, -0.25) is 19.6 Å². The third-order valence-corrected chi connectivity index (χ3v) is 9.77. The Hall–Kier alpha value is -4.26. The van der Waals surface area contributed by atoms with Gasteiger partial charge in [0, 0.05) is 62.6 Å². The van der Waals surface area contributed by atoms with Crippen molar-refractivity contribution in [1.82, 2.24) is 24.8 Å². The molecule has 2 fully saturated rings. The predicted octanol–water partition coefficient (Wildman–Crippen LogP) is 5.43. The number of rotatable bonds is 11. The molecular formula is C32H37BrN10O3S. The summed E-state index contributed by atoms with van der Waals surface area (Å²) in [4.78, 5) is 26.4. The summed E-state index contributed by atoms with van der Waals surface area (Å²) in [5, 5.41) is 6.55. The Balaban J connectivity index is 1.21. The molecule has 0 unspecified atom stereocenters. The average molecular weight is 722 g/mol. The molecule has 4 heterocycles. The number of halogens is 1. The number of anilines is 6. The highest BCUT2D eigenvalue weighted by Crippen LogP contribution is 2.38. The van der Waals surface area contributed by atoms with Crippen LogP contribution in [0.4, 0.5) is 34.5 Å². The van der Waals surface area contributed by atoms with E-state index in [9.17, 15) is 8.42 Å². The topological polar surface area (TPSA) is 142 Å². The Morgan fingerprint density at radius 3 is 2.55 bits per heavy atom. The lowest BCUT2D eigenvalue weighted by atomic mass is 9.93. The molecular weight excluding hydrogens is 684 g/mol. The van der Waals surface area contributed by atoms with E-state index in [2.05, 4.69) is 79.9 Å². The first-order chi connectivity index (χ1) is 22.6. The zero-order chi connectivity index (χ0) is 33.1. The quantitative estimate of drug-likeness (QED) is 0.171. The molecule has 0 bridgehead atoms. The van der Waals surface area contributed by atoms with Crippen molar-refractivity contribution in [2.45, 2.75) is 32.2 Å². The van der Waals surface area contributed by atoms with Gasteiger partial charge in [0.2, 0.25) is 22.5 Å². The van der Waals surface area contributed by atoms with Crippen LogP contribution in [0.5, 0.6) is 5.75 Å². The molecule has 15 heteroatoms. The second-order valence-electron chi connectivity index (χ2n) is 11.8. The second kappa shape index (κ2) is 13.8. The number of hydrogen-bond acceptors (Lipinski definition) is 11. The van der Waals surface area contributed by atoms with Crippen LogP contribution < -0.4 is 25.0 Å². The number of nitrogens with one attached hydrogen (secondary N) is 3. The van der Waals surface area contributed by atoms with Crippen LogP contribution in [-0.4, -0.2) is 85.4 Å². The van der Waals surface area contributed by atoms with Crippen molar-refractivity contribution in [3.63, 3.8) is 0 Å². The van der Waals surface area contributed by atoms with Gasteiger partial charge in [0.1, 0.15) is 17.1 Å². The van der Waals surface area contributed by atoms with Crippen molar-refractivity contribution < 1.29 is 13.2 Å². The zero-order valence-corrected chi connectivity index (χ0v) is 28.9. The van der Waals surface area contributed by atoms with Crippen LogP contribution in [0, 0.1) is 12.5 Å². The first-order valence-corrected chi connectivity index (χ1v) is 18.1. The molecule has 0 amide bonds. The summed E-state index contributed by atoms with van der Waals surface area (Å²) in [5.74, 6) is 1.96. The molecule has 3 N–H and O–H groups in total. The zero-order valence-electron chi connectivity index (χ0n) is 26.5. The van der Waals surface area contributed by atoms with Gasteiger partial charge in [-0.05, 0) is 59.0 Å². The monoisotopic (exact) mass is 720 g/mol. The van der Waals surface area contributed by atoms with Gasteiger partial charge in [-0.1, -0.05) is 6.92 Å². The fraction of sp³-hybridized carbons (Fsp3) is 0.406. The Morgan fingerprint density at radius 2 is 1.85 bits per heavy atom. The highest BCUT2D eigenvalue weighted by Gasteiger charge is 2.35. The Labute approximate surface area is 283 Å². The van der Waals surface area contributed by atoms with Crippen LogP contribution in [0.15, 0.2) is 47.3 Å². The van der Waals surface area contributed by atoms with Crippen molar-refractivity contribution >= 4 is 71.5 Å². The first-order valence-electron chi connectivity index (χ1n) is 15.5. The number of piperidine rings is 1. The van der Waals surface area contributed by atoms with Gasteiger partial charge in [0.25, 0.3) is 0 Å². The predicted molar refractivity (Wildman–Crippen MR) is 188 cm³/mol. The Kier molecular flexibility index (Phi) is 9.62. The van der Waals surface area contributed by atoms with Crippen LogP contribution in [0.1, 0.15) is 25.3 Å². The summed E-state index contributed by atoms with van der Waals surface area (Å²) in [7, 11) is -1.97. The minimum atomic E-state index is -3.62. The van der Waals surface area contributed by atoms with Crippen LogP contribution in [0.25, 0.3) is 15.9 Å². The highest BCUT2D eigenvalue weighted by atomic mass is 79.9. The molecule has 0 spiro atoms. The van der Waals surface area contributed by atoms with Gasteiger partial charge < -0.3 is 25.1 Å². The number of likely N-dealkylation sites (tertiary alicyclic amines) is 1. The number of fused-ring (bicyclic) bond motifs is 1. The molecule has 0 saturated carbocycles. The van der Waals surface area contributed by atoms with E-state index in [4.69, 9.17) is 16.3 Å². The molecule has 0 atom stereocenters. The van der Waals surface area contributed by atoms with Gasteiger partial charge in [-0.15, -0.1) is 0 Å². The highest BCUT2D eigenvalue weighted by molar-refractivity contribution is 9.10. The van der Waals surface area contributed by atoms with Crippen molar-refractivity contribution in [3.05, 3.63) is 64.3 Å². The third-order valence-electron chi connectivity index (χ3n) is 8.61. The van der Waals surface area contributed by atoms with E-state index < -0.39 is 10.0 Å². The number of benzene rings is 2. The maximum absolute atomic E-state index is 12.2. The first kappa shape index (κ1) is 32.7.